The maximum Gasteiger partial charge on any atom is 0.164 e. The quantitative estimate of drug-likeness (QED) is 0.565. The third-order valence-corrected chi connectivity index (χ3v) is 1.93. The molecule has 1 unspecified atom stereocenters. The fourth-order valence-corrected chi connectivity index (χ4v) is 1.16. The summed E-state index contributed by atoms with van der Waals surface area (Å²) in [7, 11) is 0. The Bertz CT molecular complexity index is 165. The fourth-order valence-electron chi connectivity index (χ4n) is 1.16. The summed E-state index contributed by atoms with van der Waals surface area (Å²) in [5.41, 5.74) is -0.691. The third kappa shape index (κ3) is 1.60. The Morgan fingerprint density at radius 2 is 2.18 bits per heavy atom. The molecule has 1 fully saturated rings. The number of hydrogen-bond donors (Lipinski definition) is 0. The van der Waals surface area contributed by atoms with Crippen molar-refractivity contribution >= 4 is 6.29 Å². The van der Waals surface area contributed by atoms with Crippen molar-refractivity contribution in [2.24, 2.45) is 0 Å². The van der Waals surface area contributed by atoms with Crippen molar-refractivity contribution in [1.29, 1.82) is 0 Å². The van der Waals surface area contributed by atoms with E-state index in [2.05, 4.69) is 0 Å². The SMILES string of the molecule is CCC1(C=O)COC(C)(C)O1. The molecule has 1 atom stereocenters. The van der Waals surface area contributed by atoms with Crippen LogP contribution in [0.25, 0.3) is 0 Å². The molecule has 3 nitrogen and oxygen atoms in total. The van der Waals surface area contributed by atoms with Crippen molar-refractivity contribution in [2.45, 2.75) is 38.6 Å². The molecule has 3 heteroatoms. The second-order valence-electron chi connectivity index (χ2n) is 3.33. The summed E-state index contributed by atoms with van der Waals surface area (Å²) in [6.45, 7) is 5.92. The summed E-state index contributed by atoms with van der Waals surface area (Å²) in [6.07, 6.45) is 1.50. The second kappa shape index (κ2) is 2.57. The van der Waals surface area contributed by atoms with Gasteiger partial charge >= 0.3 is 0 Å². The van der Waals surface area contributed by atoms with Gasteiger partial charge in [-0.15, -0.1) is 0 Å². The Balaban J connectivity index is 2.70. The molecule has 11 heavy (non-hydrogen) atoms. The minimum Gasteiger partial charge on any atom is -0.347 e. The highest BCUT2D eigenvalue weighted by Crippen LogP contribution is 2.31. The molecule has 1 aliphatic heterocycles. The van der Waals surface area contributed by atoms with Crippen LogP contribution in [-0.4, -0.2) is 24.3 Å². The first kappa shape index (κ1) is 8.68. The molecule has 0 bridgehead atoms. The number of rotatable bonds is 2. The Labute approximate surface area is 66.7 Å². The summed E-state index contributed by atoms with van der Waals surface area (Å²) in [5, 5.41) is 0. The third-order valence-electron chi connectivity index (χ3n) is 1.93. The summed E-state index contributed by atoms with van der Waals surface area (Å²) in [4.78, 5) is 10.6. The zero-order chi connectivity index (χ0) is 8.54. The molecule has 0 N–H and O–H groups in total. The maximum atomic E-state index is 10.6. The standard InChI is InChI=1S/C8H14O3/c1-4-8(5-9)6-10-7(2,3)11-8/h5H,4,6H2,1-3H3. The van der Waals surface area contributed by atoms with Crippen molar-refractivity contribution in [1.82, 2.24) is 0 Å². The van der Waals surface area contributed by atoms with E-state index in [0.717, 1.165) is 6.29 Å². The van der Waals surface area contributed by atoms with Crippen molar-refractivity contribution in [3.8, 4) is 0 Å². The monoisotopic (exact) mass is 158 g/mol. The molecule has 1 saturated heterocycles. The second-order valence-corrected chi connectivity index (χ2v) is 3.33. The summed E-state index contributed by atoms with van der Waals surface area (Å²) < 4.78 is 10.7. The van der Waals surface area contributed by atoms with Crippen LogP contribution in [0.15, 0.2) is 0 Å². The largest absolute Gasteiger partial charge is 0.347 e. The first-order chi connectivity index (χ1) is 5.04. The lowest BCUT2D eigenvalue weighted by atomic mass is 10.1. The molecule has 0 saturated carbocycles. The van der Waals surface area contributed by atoms with Gasteiger partial charge in [0.25, 0.3) is 0 Å². The van der Waals surface area contributed by atoms with E-state index in [-0.39, 0.29) is 0 Å². The van der Waals surface area contributed by atoms with Crippen LogP contribution in [0.5, 0.6) is 0 Å². The van der Waals surface area contributed by atoms with Gasteiger partial charge < -0.3 is 14.3 Å². The fraction of sp³-hybridized carbons (Fsp3) is 0.875. The molecule has 0 radical (unpaired) electrons. The molecule has 1 aliphatic rings. The zero-order valence-corrected chi connectivity index (χ0v) is 7.22. The number of hydrogen-bond acceptors (Lipinski definition) is 3. The molecule has 0 aliphatic carbocycles. The predicted molar refractivity (Wildman–Crippen MR) is 40.2 cm³/mol. The van der Waals surface area contributed by atoms with Crippen LogP contribution in [-0.2, 0) is 14.3 Å². The molecule has 0 spiro atoms. The summed E-state index contributed by atoms with van der Waals surface area (Å²) in [6, 6.07) is 0. The van der Waals surface area contributed by atoms with Gasteiger partial charge in [0.2, 0.25) is 0 Å². The van der Waals surface area contributed by atoms with Gasteiger partial charge in [0, 0.05) is 0 Å². The van der Waals surface area contributed by atoms with E-state index in [1.807, 2.05) is 20.8 Å². The Morgan fingerprint density at radius 1 is 1.55 bits per heavy atom. The minimum absolute atomic E-state index is 0.375. The summed E-state index contributed by atoms with van der Waals surface area (Å²) in [5.74, 6) is -0.600. The van der Waals surface area contributed by atoms with Crippen LogP contribution in [0, 0.1) is 0 Å². The van der Waals surface area contributed by atoms with Gasteiger partial charge in [0.15, 0.2) is 12.1 Å². The first-order valence-corrected chi connectivity index (χ1v) is 3.84. The van der Waals surface area contributed by atoms with E-state index in [4.69, 9.17) is 9.47 Å². The number of ether oxygens (including phenoxy) is 2. The normalized spacial score (nSPS) is 35.5. The van der Waals surface area contributed by atoms with Crippen molar-refractivity contribution in [3.63, 3.8) is 0 Å². The molecule has 0 amide bonds. The van der Waals surface area contributed by atoms with E-state index in [1.54, 1.807) is 0 Å². The minimum atomic E-state index is -0.691. The van der Waals surface area contributed by atoms with Crippen molar-refractivity contribution in [3.05, 3.63) is 0 Å². The lowest BCUT2D eigenvalue weighted by Crippen LogP contribution is -2.35. The molecule has 0 aromatic rings. The first-order valence-electron chi connectivity index (χ1n) is 3.84. The number of aldehydes is 1. The van der Waals surface area contributed by atoms with Crippen molar-refractivity contribution < 1.29 is 14.3 Å². The molecular formula is C8H14O3. The van der Waals surface area contributed by atoms with Gasteiger partial charge in [-0.1, -0.05) is 6.92 Å². The maximum absolute atomic E-state index is 10.6. The van der Waals surface area contributed by atoms with E-state index in [9.17, 15) is 4.79 Å². The Hall–Kier alpha value is -0.410. The van der Waals surface area contributed by atoms with Gasteiger partial charge in [-0.3, -0.25) is 0 Å². The molecule has 0 aromatic carbocycles. The van der Waals surface area contributed by atoms with E-state index in [1.165, 1.54) is 0 Å². The molecule has 64 valence electrons. The van der Waals surface area contributed by atoms with Crippen LogP contribution in [0.4, 0.5) is 0 Å². The lowest BCUT2D eigenvalue weighted by molar-refractivity contribution is -0.165. The average molecular weight is 158 g/mol. The number of carbonyl (C=O) groups excluding carboxylic acids is 1. The highest BCUT2D eigenvalue weighted by Gasteiger charge is 2.44. The smallest absolute Gasteiger partial charge is 0.164 e. The Kier molecular flexibility index (Phi) is 2.03. The molecule has 0 aromatic heterocycles. The van der Waals surface area contributed by atoms with Crippen LogP contribution in [0.1, 0.15) is 27.2 Å². The number of carbonyl (C=O) groups is 1. The van der Waals surface area contributed by atoms with Crippen LogP contribution >= 0.6 is 0 Å². The predicted octanol–water partition coefficient (Wildman–Crippen LogP) is 1.12. The van der Waals surface area contributed by atoms with Crippen LogP contribution in [0.2, 0.25) is 0 Å². The van der Waals surface area contributed by atoms with E-state index in [0.29, 0.717) is 13.0 Å². The lowest BCUT2D eigenvalue weighted by Gasteiger charge is -2.21. The summed E-state index contributed by atoms with van der Waals surface area (Å²) >= 11 is 0. The van der Waals surface area contributed by atoms with Crippen LogP contribution in [0.3, 0.4) is 0 Å². The Morgan fingerprint density at radius 3 is 2.36 bits per heavy atom. The van der Waals surface area contributed by atoms with Crippen molar-refractivity contribution in [2.75, 3.05) is 6.61 Å². The van der Waals surface area contributed by atoms with Gasteiger partial charge in [-0.05, 0) is 20.3 Å². The van der Waals surface area contributed by atoms with Gasteiger partial charge in [0.1, 0.15) is 5.60 Å². The highest BCUT2D eigenvalue weighted by atomic mass is 16.8. The highest BCUT2D eigenvalue weighted by molar-refractivity contribution is 5.63. The topological polar surface area (TPSA) is 35.5 Å². The van der Waals surface area contributed by atoms with E-state index >= 15 is 0 Å². The van der Waals surface area contributed by atoms with Crippen LogP contribution < -0.4 is 0 Å². The zero-order valence-electron chi connectivity index (χ0n) is 7.22. The van der Waals surface area contributed by atoms with Gasteiger partial charge in [0.05, 0.1) is 6.61 Å². The molecule has 1 heterocycles. The van der Waals surface area contributed by atoms with Gasteiger partial charge in [-0.25, -0.2) is 0 Å². The van der Waals surface area contributed by atoms with E-state index < -0.39 is 11.4 Å². The average Bonchev–Trinajstić information content (AvgIpc) is 2.28. The molecule has 1 rings (SSSR count). The van der Waals surface area contributed by atoms with Gasteiger partial charge in [-0.2, -0.15) is 0 Å². The molecular weight excluding hydrogens is 144 g/mol.